The summed E-state index contributed by atoms with van der Waals surface area (Å²) in [4.78, 5) is 12.8. The molecule has 1 amide bonds. The molecule has 0 spiro atoms. The van der Waals surface area contributed by atoms with Crippen LogP contribution in [0.15, 0.2) is 83.1 Å². The van der Waals surface area contributed by atoms with Crippen LogP contribution < -0.4 is 15.8 Å². The van der Waals surface area contributed by atoms with Gasteiger partial charge in [0.25, 0.3) is 5.91 Å². The van der Waals surface area contributed by atoms with Gasteiger partial charge in [0, 0.05) is 19.4 Å². The molecule has 0 unspecified atom stereocenters. The van der Waals surface area contributed by atoms with E-state index in [0.717, 1.165) is 17.6 Å². The first-order valence-corrected chi connectivity index (χ1v) is 10.5. The monoisotopic (exact) mass is 438 g/mol. The maximum atomic E-state index is 13.8. The van der Waals surface area contributed by atoms with Gasteiger partial charge in [0.2, 0.25) is 0 Å². The highest BCUT2D eigenvalue weighted by molar-refractivity contribution is 5.96. The van der Waals surface area contributed by atoms with Crippen LogP contribution in [0.4, 0.5) is 4.39 Å². The molecular formula is C26H31FN2O3. The number of para-hydroxylation sites is 1. The van der Waals surface area contributed by atoms with Crippen LogP contribution >= 0.6 is 0 Å². The largest absolute Gasteiger partial charge is 0.454 e. The number of carbonyl (C=O) groups excluding carboxylic acids is 1. The molecule has 0 aliphatic heterocycles. The zero-order chi connectivity index (χ0) is 23.5. The maximum Gasteiger partial charge on any atom is 0.253 e. The molecule has 170 valence electrons. The van der Waals surface area contributed by atoms with Crippen molar-refractivity contribution in [1.82, 2.24) is 5.32 Å². The third kappa shape index (κ3) is 7.39. The predicted molar refractivity (Wildman–Crippen MR) is 126 cm³/mol. The third-order valence-corrected chi connectivity index (χ3v) is 4.91. The van der Waals surface area contributed by atoms with E-state index in [1.165, 1.54) is 11.6 Å². The lowest BCUT2D eigenvalue weighted by molar-refractivity contribution is -0.117. The Hall–Kier alpha value is -3.38. The molecule has 0 radical (unpaired) electrons. The minimum absolute atomic E-state index is 0.144. The molecule has 0 saturated heterocycles. The number of nitrogens with two attached hydrogens (primary N) is 1. The number of nitrogens with one attached hydrogen (secondary N) is 1. The minimum Gasteiger partial charge on any atom is -0.454 e. The van der Waals surface area contributed by atoms with Gasteiger partial charge in [0.05, 0.1) is 12.2 Å². The Morgan fingerprint density at radius 3 is 2.53 bits per heavy atom. The van der Waals surface area contributed by atoms with Crippen LogP contribution in [0.2, 0.25) is 0 Å². The average Bonchev–Trinajstić information content (AvgIpc) is 2.78. The van der Waals surface area contributed by atoms with E-state index < -0.39 is 5.82 Å². The van der Waals surface area contributed by atoms with Crippen molar-refractivity contribution in [3.05, 3.63) is 94.5 Å². The highest BCUT2D eigenvalue weighted by atomic mass is 19.1. The summed E-state index contributed by atoms with van der Waals surface area (Å²) in [7, 11) is 1.64. The van der Waals surface area contributed by atoms with Crippen molar-refractivity contribution in [3.63, 3.8) is 0 Å². The van der Waals surface area contributed by atoms with Gasteiger partial charge in [-0.15, -0.1) is 0 Å². The number of benzene rings is 2. The second-order valence-corrected chi connectivity index (χ2v) is 7.38. The minimum atomic E-state index is -0.439. The number of halogens is 1. The summed E-state index contributed by atoms with van der Waals surface area (Å²) in [5, 5.41) is 2.88. The molecule has 0 heterocycles. The summed E-state index contributed by atoms with van der Waals surface area (Å²) in [5.74, 6) is -0.0963. The lowest BCUT2D eigenvalue weighted by atomic mass is 10.1. The summed E-state index contributed by atoms with van der Waals surface area (Å²) < 4.78 is 24.7. The molecule has 3 N–H and O–H groups in total. The standard InChI is InChI=1S/C26H31FN2O3/c1-5-18(2)21(17-31-4)13-14-23(19(3)28)26(30)29-16-20-9-8-10-22(15-20)32-25-12-7-6-11-24(25)27/h6-15H,5,16-17,28H2,1-4H3,(H,29,30)/b14-13-,21-18?,23-19-. The quantitative estimate of drug-likeness (QED) is 0.385. The Kier molecular flexibility index (Phi) is 9.70. The molecule has 0 fully saturated rings. The van der Waals surface area contributed by atoms with Gasteiger partial charge in [-0.25, -0.2) is 4.39 Å². The average molecular weight is 439 g/mol. The fourth-order valence-electron chi connectivity index (χ4n) is 2.92. The van der Waals surface area contributed by atoms with Crippen LogP contribution in [0.25, 0.3) is 0 Å². The van der Waals surface area contributed by atoms with Gasteiger partial charge >= 0.3 is 0 Å². The molecule has 2 aromatic rings. The third-order valence-electron chi connectivity index (χ3n) is 4.91. The molecule has 6 heteroatoms. The lowest BCUT2D eigenvalue weighted by Crippen LogP contribution is -2.25. The molecule has 32 heavy (non-hydrogen) atoms. The SMILES string of the molecule is CCC(C)=C(/C=C\C(C(=O)NCc1cccc(Oc2ccccc2F)c1)=C(/C)N)COC. The summed E-state index contributed by atoms with van der Waals surface area (Å²) in [5.41, 5.74) is 9.78. The number of methoxy groups -OCH3 is 1. The Morgan fingerprint density at radius 2 is 1.88 bits per heavy atom. The highest BCUT2D eigenvalue weighted by Crippen LogP contribution is 2.24. The Labute approximate surface area is 189 Å². The fourth-order valence-corrected chi connectivity index (χ4v) is 2.92. The van der Waals surface area contributed by atoms with Gasteiger partial charge in [-0.3, -0.25) is 4.79 Å². The van der Waals surface area contributed by atoms with Crippen LogP contribution in [0, 0.1) is 5.82 Å². The second-order valence-electron chi connectivity index (χ2n) is 7.38. The Balaban J connectivity index is 2.09. The van der Waals surface area contributed by atoms with Crippen molar-refractivity contribution < 1.29 is 18.7 Å². The molecule has 5 nitrogen and oxygen atoms in total. The first-order chi connectivity index (χ1) is 15.3. The van der Waals surface area contributed by atoms with Crippen LogP contribution in [-0.4, -0.2) is 19.6 Å². The van der Waals surface area contributed by atoms with Gasteiger partial charge in [-0.1, -0.05) is 42.8 Å². The first-order valence-electron chi connectivity index (χ1n) is 10.5. The summed E-state index contributed by atoms with van der Waals surface area (Å²) >= 11 is 0. The normalized spacial score (nSPS) is 12.9. The molecule has 0 atom stereocenters. The molecule has 2 aromatic carbocycles. The van der Waals surface area contributed by atoms with Gasteiger partial charge < -0.3 is 20.5 Å². The number of ether oxygens (including phenoxy) is 2. The van der Waals surface area contributed by atoms with E-state index in [9.17, 15) is 9.18 Å². The molecule has 0 aliphatic rings. The van der Waals surface area contributed by atoms with E-state index >= 15 is 0 Å². The van der Waals surface area contributed by atoms with E-state index in [2.05, 4.69) is 12.2 Å². The zero-order valence-corrected chi connectivity index (χ0v) is 19.1. The van der Waals surface area contributed by atoms with Crippen LogP contribution in [-0.2, 0) is 16.1 Å². The van der Waals surface area contributed by atoms with Crippen molar-refractivity contribution in [2.45, 2.75) is 33.7 Å². The molecule has 0 aliphatic carbocycles. The van der Waals surface area contributed by atoms with E-state index in [1.54, 1.807) is 56.5 Å². The van der Waals surface area contributed by atoms with Gasteiger partial charge in [-0.2, -0.15) is 0 Å². The molecule has 0 saturated carbocycles. The van der Waals surface area contributed by atoms with E-state index in [0.29, 0.717) is 23.6 Å². The van der Waals surface area contributed by atoms with Crippen molar-refractivity contribution in [3.8, 4) is 11.5 Å². The summed E-state index contributed by atoms with van der Waals surface area (Å²) in [6, 6.07) is 13.3. The molecular weight excluding hydrogens is 407 g/mol. The first kappa shape index (κ1) is 24.9. The molecule has 0 bridgehead atoms. The number of rotatable bonds is 10. The van der Waals surface area contributed by atoms with Gasteiger partial charge in [0.1, 0.15) is 5.75 Å². The molecule has 0 aromatic heterocycles. The lowest BCUT2D eigenvalue weighted by Gasteiger charge is -2.11. The molecule has 2 rings (SSSR count). The van der Waals surface area contributed by atoms with E-state index in [1.807, 2.05) is 19.1 Å². The predicted octanol–water partition coefficient (Wildman–Crippen LogP) is 5.40. The van der Waals surface area contributed by atoms with E-state index in [4.69, 9.17) is 15.2 Å². The number of amides is 1. The van der Waals surface area contributed by atoms with Gasteiger partial charge in [-0.05, 0) is 61.7 Å². The topological polar surface area (TPSA) is 73.6 Å². The Morgan fingerprint density at radius 1 is 1.12 bits per heavy atom. The number of hydrogen-bond acceptors (Lipinski definition) is 4. The number of allylic oxidation sites excluding steroid dienone is 2. The second kappa shape index (κ2) is 12.5. The fraction of sp³-hybridized carbons (Fsp3) is 0.269. The number of carbonyl (C=O) groups is 1. The summed E-state index contributed by atoms with van der Waals surface area (Å²) in [6.45, 7) is 6.53. The smallest absolute Gasteiger partial charge is 0.253 e. The van der Waals surface area contributed by atoms with Gasteiger partial charge in [0.15, 0.2) is 11.6 Å². The van der Waals surface area contributed by atoms with Crippen molar-refractivity contribution >= 4 is 5.91 Å². The summed E-state index contributed by atoms with van der Waals surface area (Å²) in [6.07, 6.45) is 4.48. The van der Waals surface area contributed by atoms with E-state index in [-0.39, 0.29) is 18.2 Å². The van der Waals surface area contributed by atoms with Crippen LogP contribution in [0.3, 0.4) is 0 Å². The highest BCUT2D eigenvalue weighted by Gasteiger charge is 2.10. The van der Waals surface area contributed by atoms with Crippen LogP contribution in [0.1, 0.15) is 32.8 Å². The number of hydrogen-bond donors (Lipinski definition) is 2. The van der Waals surface area contributed by atoms with Crippen molar-refractivity contribution in [2.24, 2.45) is 5.73 Å². The van der Waals surface area contributed by atoms with Crippen molar-refractivity contribution in [2.75, 3.05) is 13.7 Å². The van der Waals surface area contributed by atoms with Crippen LogP contribution in [0.5, 0.6) is 11.5 Å². The Bertz CT molecular complexity index is 1020. The zero-order valence-electron chi connectivity index (χ0n) is 19.1. The maximum absolute atomic E-state index is 13.8. The van der Waals surface area contributed by atoms with Crippen molar-refractivity contribution in [1.29, 1.82) is 0 Å².